The topological polar surface area (TPSA) is 153 Å². The lowest BCUT2D eigenvalue weighted by molar-refractivity contribution is -0.0340. The maximum atomic E-state index is 10.3. The average Bonchev–Trinajstić information content (AvgIpc) is 3.24. The molecule has 2 aliphatic rings. The van der Waals surface area contributed by atoms with Gasteiger partial charge in [-0.1, -0.05) is 0 Å². The van der Waals surface area contributed by atoms with Crippen molar-refractivity contribution in [2.24, 2.45) is 0 Å². The standard InChI is InChI=1S/C22H26N8O2/c1-21(31)7-11(8-21)19-27-13(15-17(23)25-3-5-29(15)19)14-16-18(24)26-4-6-30(16)20(28-14)12-9-22(2,32)10-12/h3-6,11-12,31-32H,7-10H2,1-2H3,(H2,23,25)(H2,24,26). The van der Waals surface area contributed by atoms with Gasteiger partial charge in [0.25, 0.3) is 0 Å². The van der Waals surface area contributed by atoms with E-state index in [4.69, 9.17) is 21.4 Å². The molecule has 0 amide bonds. The number of aliphatic hydroxyl groups is 2. The highest BCUT2D eigenvalue weighted by molar-refractivity contribution is 5.93. The zero-order valence-corrected chi connectivity index (χ0v) is 18.0. The largest absolute Gasteiger partial charge is 0.390 e. The first-order chi connectivity index (χ1) is 15.1. The van der Waals surface area contributed by atoms with Crippen LogP contribution >= 0.6 is 0 Å². The number of nitrogens with two attached hydrogens (primary N) is 2. The Kier molecular flexibility index (Phi) is 3.75. The summed E-state index contributed by atoms with van der Waals surface area (Å²) in [6, 6.07) is 0. The maximum absolute atomic E-state index is 10.3. The summed E-state index contributed by atoms with van der Waals surface area (Å²) >= 11 is 0. The Labute approximate surface area is 184 Å². The molecule has 0 unspecified atom stereocenters. The average molecular weight is 435 g/mol. The summed E-state index contributed by atoms with van der Waals surface area (Å²) in [5.74, 6) is 2.57. The number of rotatable bonds is 3. The Morgan fingerprint density at radius 2 is 1.16 bits per heavy atom. The molecule has 0 spiro atoms. The normalized spacial score (nSPS) is 29.9. The molecule has 2 saturated carbocycles. The van der Waals surface area contributed by atoms with E-state index in [2.05, 4.69) is 9.97 Å². The van der Waals surface area contributed by atoms with E-state index in [-0.39, 0.29) is 11.8 Å². The number of anilines is 2. The second kappa shape index (κ2) is 6.17. The van der Waals surface area contributed by atoms with Crippen molar-refractivity contribution < 1.29 is 10.2 Å². The molecule has 4 aromatic rings. The highest BCUT2D eigenvalue weighted by Gasteiger charge is 2.43. The van der Waals surface area contributed by atoms with Crippen molar-refractivity contribution in [3.63, 3.8) is 0 Å². The predicted octanol–water partition coefficient (Wildman–Crippen LogP) is 1.86. The molecule has 0 bridgehead atoms. The summed E-state index contributed by atoms with van der Waals surface area (Å²) in [7, 11) is 0. The Balaban J connectivity index is 1.58. The van der Waals surface area contributed by atoms with Crippen molar-refractivity contribution in [3.05, 3.63) is 36.4 Å². The maximum Gasteiger partial charge on any atom is 0.150 e. The van der Waals surface area contributed by atoms with Crippen LogP contribution in [-0.4, -0.2) is 50.2 Å². The lowest BCUT2D eigenvalue weighted by atomic mass is 9.72. The van der Waals surface area contributed by atoms with E-state index < -0.39 is 11.2 Å². The van der Waals surface area contributed by atoms with Gasteiger partial charge in [-0.05, 0) is 39.5 Å². The molecule has 6 N–H and O–H groups in total. The molecule has 10 nitrogen and oxygen atoms in total. The molecule has 0 radical (unpaired) electrons. The van der Waals surface area contributed by atoms with E-state index in [0.29, 0.717) is 59.7 Å². The number of fused-ring (bicyclic) bond motifs is 2. The predicted molar refractivity (Wildman–Crippen MR) is 119 cm³/mol. The van der Waals surface area contributed by atoms with Crippen molar-refractivity contribution in [1.29, 1.82) is 0 Å². The van der Waals surface area contributed by atoms with Crippen molar-refractivity contribution in [1.82, 2.24) is 28.7 Å². The summed E-state index contributed by atoms with van der Waals surface area (Å²) in [5, 5.41) is 20.6. The van der Waals surface area contributed by atoms with Gasteiger partial charge in [0.1, 0.15) is 45.7 Å². The first kappa shape index (κ1) is 19.4. The fraction of sp³-hybridized carbons (Fsp3) is 0.455. The minimum absolute atomic E-state index is 0.110. The number of aromatic nitrogens is 6. The van der Waals surface area contributed by atoms with E-state index in [9.17, 15) is 10.2 Å². The van der Waals surface area contributed by atoms with Gasteiger partial charge in [0.2, 0.25) is 0 Å². The lowest BCUT2D eigenvalue weighted by Gasteiger charge is -2.40. The molecule has 4 aromatic heterocycles. The summed E-state index contributed by atoms with van der Waals surface area (Å²) in [4.78, 5) is 18.5. The fourth-order valence-electron chi connectivity index (χ4n) is 5.45. The third-order valence-electron chi connectivity index (χ3n) is 6.92. The minimum Gasteiger partial charge on any atom is -0.390 e. The van der Waals surface area contributed by atoms with Gasteiger partial charge < -0.3 is 21.7 Å². The molecule has 32 heavy (non-hydrogen) atoms. The zero-order chi connectivity index (χ0) is 22.4. The molecule has 0 saturated heterocycles. The molecule has 4 heterocycles. The summed E-state index contributed by atoms with van der Waals surface area (Å²) in [6.45, 7) is 3.68. The van der Waals surface area contributed by atoms with Gasteiger partial charge in [-0.3, -0.25) is 8.80 Å². The molecular weight excluding hydrogens is 408 g/mol. The smallest absolute Gasteiger partial charge is 0.150 e. The Morgan fingerprint density at radius 1 is 0.781 bits per heavy atom. The second-order valence-corrected chi connectivity index (χ2v) is 9.90. The SMILES string of the molecule is CC1(O)CC(c2nc(-c3nc(C4CC(C)(O)C4)n4ccnc(N)c34)c3c(N)nccn23)C1. The number of hydrogen-bond donors (Lipinski definition) is 4. The molecule has 0 atom stereocenters. The van der Waals surface area contributed by atoms with Crippen molar-refractivity contribution in [3.8, 4) is 11.4 Å². The second-order valence-electron chi connectivity index (χ2n) is 9.90. The van der Waals surface area contributed by atoms with Gasteiger partial charge in [0.15, 0.2) is 0 Å². The lowest BCUT2D eigenvalue weighted by Crippen LogP contribution is -2.40. The molecule has 2 aliphatic carbocycles. The Morgan fingerprint density at radius 3 is 1.50 bits per heavy atom. The molecule has 0 aliphatic heterocycles. The number of imidazole rings is 2. The Hall–Kier alpha value is -3.24. The van der Waals surface area contributed by atoms with E-state index in [0.717, 1.165) is 11.6 Å². The number of hydrogen-bond acceptors (Lipinski definition) is 8. The molecule has 166 valence electrons. The van der Waals surface area contributed by atoms with Gasteiger partial charge in [-0.2, -0.15) is 0 Å². The quantitative estimate of drug-likeness (QED) is 0.381. The van der Waals surface area contributed by atoms with Crippen molar-refractivity contribution in [2.45, 2.75) is 62.6 Å². The van der Waals surface area contributed by atoms with Gasteiger partial charge in [0, 0.05) is 36.6 Å². The molecule has 0 aromatic carbocycles. The summed E-state index contributed by atoms with van der Waals surface area (Å²) in [6.07, 6.45) is 9.50. The van der Waals surface area contributed by atoms with Gasteiger partial charge in [-0.15, -0.1) is 0 Å². The summed E-state index contributed by atoms with van der Waals surface area (Å²) in [5.41, 5.74) is 13.8. The highest BCUT2D eigenvalue weighted by atomic mass is 16.3. The van der Waals surface area contributed by atoms with Crippen LogP contribution in [0.5, 0.6) is 0 Å². The number of nitrogen functional groups attached to an aromatic ring is 2. The first-order valence-electron chi connectivity index (χ1n) is 10.8. The molecular formula is C22H26N8O2. The third kappa shape index (κ3) is 2.72. The van der Waals surface area contributed by atoms with Crippen LogP contribution < -0.4 is 11.5 Å². The monoisotopic (exact) mass is 434 g/mol. The van der Waals surface area contributed by atoms with Crippen LogP contribution in [0.15, 0.2) is 24.8 Å². The van der Waals surface area contributed by atoms with E-state index in [1.165, 1.54) is 0 Å². The third-order valence-corrected chi connectivity index (χ3v) is 6.92. The first-order valence-corrected chi connectivity index (χ1v) is 10.8. The summed E-state index contributed by atoms with van der Waals surface area (Å²) < 4.78 is 3.90. The van der Waals surface area contributed by atoms with Crippen LogP contribution in [0.3, 0.4) is 0 Å². The van der Waals surface area contributed by atoms with E-state index in [1.807, 2.05) is 35.0 Å². The van der Waals surface area contributed by atoms with Crippen LogP contribution in [-0.2, 0) is 0 Å². The highest BCUT2D eigenvalue weighted by Crippen LogP contribution is 2.47. The van der Waals surface area contributed by atoms with Crippen LogP contribution in [0.1, 0.15) is 63.0 Å². The van der Waals surface area contributed by atoms with Gasteiger partial charge >= 0.3 is 0 Å². The van der Waals surface area contributed by atoms with Crippen LogP contribution in [0.4, 0.5) is 11.6 Å². The van der Waals surface area contributed by atoms with Gasteiger partial charge in [0.05, 0.1) is 11.2 Å². The molecule has 10 heteroatoms. The fourth-order valence-corrected chi connectivity index (χ4v) is 5.45. The van der Waals surface area contributed by atoms with Crippen molar-refractivity contribution >= 4 is 22.7 Å². The van der Waals surface area contributed by atoms with Crippen molar-refractivity contribution in [2.75, 3.05) is 11.5 Å². The van der Waals surface area contributed by atoms with Crippen LogP contribution in [0.25, 0.3) is 22.4 Å². The zero-order valence-electron chi connectivity index (χ0n) is 18.0. The van der Waals surface area contributed by atoms with Crippen LogP contribution in [0.2, 0.25) is 0 Å². The molecule has 2 fully saturated rings. The van der Waals surface area contributed by atoms with E-state index in [1.54, 1.807) is 12.4 Å². The number of nitrogens with zero attached hydrogens (tertiary/aromatic N) is 6. The van der Waals surface area contributed by atoms with Crippen LogP contribution in [0, 0.1) is 0 Å². The van der Waals surface area contributed by atoms with E-state index >= 15 is 0 Å². The Bertz CT molecular complexity index is 1260. The minimum atomic E-state index is -0.682. The molecule has 6 rings (SSSR count). The van der Waals surface area contributed by atoms with Gasteiger partial charge in [-0.25, -0.2) is 19.9 Å².